The van der Waals surface area contributed by atoms with Crippen molar-refractivity contribution >= 4 is 27.7 Å². The molecule has 0 radical (unpaired) electrons. The molecule has 0 aromatic heterocycles. The van der Waals surface area contributed by atoms with Gasteiger partial charge in [-0.05, 0) is 45.4 Å². The highest BCUT2D eigenvalue weighted by Gasteiger charge is 2.28. The van der Waals surface area contributed by atoms with E-state index in [0.29, 0.717) is 17.2 Å². The topological polar surface area (TPSA) is 77.1 Å². The van der Waals surface area contributed by atoms with Crippen molar-refractivity contribution in [2.24, 2.45) is 0 Å². The Hall–Kier alpha value is -2.74. The number of benzene rings is 2. The second-order valence-corrected chi connectivity index (χ2v) is 9.32. The first kappa shape index (κ1) is 25.5. The van der Waals surface area contributed by atoms with E-state index in [0.717, 1.165) is 10.0 Å². The minimum Gasteiger partial charge on any atom is -0.496 e. The van der Waals surface area contributed by atoms with Crippen LogP contribution in [0.25, 0.3) is 0 Å². The van der Waals surface area contributed by atoms with Gasteiger partial charge >= 0.3 is 0 Å². The number of carbonyl (C=O) groups is 2. The summed E-state index contributed by atoms with van der Waals surface area (Å²) in [6.45, 7) is 7.44. The number of rotatable bonds is 9. The number of amides is 2. The van der Waals surface area contributed by atoms with Crippen LogP contribution in [0.4, 0.5) is 0 Å². The quantitative estimate of drug-likeness (QED) is 0.551. The molecule has 32 heavy (non-hydrogen) atoms. The molecule has 1 unspecified atom stereocenters. The van der Waals surface area contributed by atoms with Gasteiger partial charge in [-0.1, -0.05) is 28.1 Å². The lowest BCUT2D eigenvalue weighted by molar-refractivity contribution is -0.142. The van der Waals surface area contributed by atoms with E-state index in [2.05, 4.69) is 21.2 Å². The fourth-order valence-corrected chi connectivity index (χ4v) is 3.43. The van der Waals surface area contributed by atoms with Crippen molar-refractivity contribution in [3.63, 3.8) is 0 Å². The first-order valence-electron chi connectivity index (χ1n) is 10.2. The zero-order valence-corrected chi connectivity index (χ0v) is 21.0. The molecule has 0 saturated heterocycles. The molecule has 8 heteroatoms. The van der Waals surface area contributed by atoms with Crippen molar-refractivity contribution in [1.82, 2.24) is 10.2 Å². The number of hydrogen-bond acceptors (Lipinski definition) is 5. The molecular weight excluding hydrogens is 476 g/mol. The second-order valence-electron chi connectivity index (χ2n) is 8.40. The molecule has 0 heterocycles. The van der Waals surface area contributed by atoms with E-state index in [-0.39, 0.29) is 25.0 Å². The van der Waals surface area contributed by atoms with Crippen LogP contribution in [0.2, 0.25) is 0 Å². The molecule has 174 valence electrons. The van der Waals surface area contributed by atoms with Crippen LogP contribution in [-0.2, 0) is 16.1 Å². The predicted molar refractivity (Wildman–Crippen MR) is 127 cm³/mol. The number of carbonyl (C=O) groups excluding carboxylic acids is 2. The maximum Gasteiger partial charge on any atom is 0.261 e. The molecular formula is C24H31BrN2O5. The summed E-state index contributed by atoms with van der Waals surface area (Å²) in [6.07, 6.45) is 0. The molecule has 0 spiro atoms. The zero-order valence-electron chi connectivity index (χ0n) is 19.4. The van der Waals surface area contributed by atoms with Gasteiger partial charge in [0.05, 0.1) is 14.2 Å². The van der Waals surface area contributed by atoms with Gasteiger partial charge in [-0.2, -0.15) is 0 Å². The van der Waals surface area contributed by atoms with E-state index in [4.69, 9.17) is 14.2 Å². The number of nitrogens with one attached hydrogen (secondary N) is 1. The monoisotopic (exact) mass is 506 g/mol. The van der Waals surface area contributed by atoms with E-state index in [9.17, 15) is 9.59 Å². The van der Waals surface area contributed by atoms with E-state index >= 15 is 0 Å². The number of hydrogen-bond donors (Lipinski definition) is 1. The van der Waals surface area contributed by atoms with E-state index in [1.54, 1.807) is 39.3 Å². The number of nitrogens with zero attached hydrogens (tertiary/aromatic N) is 1. The van der Waals surface area contributed by atoms with Crippen LogP contribution in [-0.4, -0.2) is 49.1 Å². The molecule has 1 N–H and O–H groups in total. The number of halogens is 1. The Bertz CT molecular complexity index is 920. The Morgan fingerprint density at radius 2 is 1.62 bits per heavy atom. The Morgan fingerprint density at radius 1 is 1.03 bits per heavy atom. The maximum atomic E-state index is 13.2. The average Bonchev–Trinajstić information content (AvgIpc) is 2.73. The summed E-state index contributed by atoms with van der Waals surface area (Å²) in [4.78, 5) is 27.5. The highest BCUT2D eigenvalue weighted by atomic mass is 79.9. The van der Waals surface area contributed by atoms with Crippen molar-refractivity contribution in [2.75, 3.05) is 20.8 Å². The third-order valence-electron chi connectivity index (χ3n) is 4.59. The van der Waals surface area contributed by atoms with Crippen molar-refractivity contribution in [2.45, 2.75) is 45.8 Å². The predicted octanol–water partition coefficient (Wildman–Crippen LogP) is 4.18. The van der Waals surface area contributed by atoms with Gasteiger partial charge in [-0.25, -0.2) is 0 Å². The Labute approximate surface area is 198 Å². The molecule has 2 rings (SSSR count). The third kappa shape index (κ3) is 7.75. The maximum absolute atomic E-state index is 13.2. The Balaban J connectivity index is 2.22. The molecule has 0 bridgehead atoms. The van der Waals surface area contributed by atoms with Crippen LogP contribution in [0, 0.1) is 0 Å². The molecule has 0 aliphatic rings. The standard InChI is InChI=1S/C24H31BrN2O5/c1-16(23(29)26-24(2,3)4)27(14-17-8-7-9-18(25)10-17)22(28)15-32-21-12-19(30-5)11-20(13-21)31-6/h7-13,16H,14-15H2,1-6H3,(H,26,29). The lowest BCUT2D eigenvalue weighted by Gasteiger charge is -2.31. The van der Waals surface area contributed by atoms with Gasteiger partial charge < -0.3 is 24.4 Å². The molecule has 2 amide bonds. The normalized spacial score (nSPS) is 12.0. The minimum absolute atomic E-state index is 0.233. The van der Waals surface area contributed by atoms with E-state index < -0.39 is 11.6 Å². The smallest absolute Gasteiger partial charge is 0.261 e. The van der Waals surface area contributed by atoms with Crippen molar-refractivity contribution in [3.05, 3.63) is 52.5 Å². The summed E-state index contributed by atoms with van der Waals surface area (Å²) >= 11 is 3.45. The summed E-state index contributed by atoms with van der Waals surface area (Å²) in [5.74, 6) is 0.988. The van der Waals surface area contributed by atoms with Crippen molar-refractivity contribution in [1.29, 1.82) is 0 Å². The van der Waals surface area contributed by atoms with Crippen LogP contribution >= 0.6 is 15.9 Å². The average molecular weight is 507 g/mol. The molecule has 0 aliphatic heterocycles. The SMILES string of the molecule is COc1cc(OC)cc(OCC(=O)N(Cc2cccc(Br)c2)C(C)C(=O)NC(C)(C)C)c1. The minimum atomic E-state index is -0.691. The molecule has 2 aromatic rings. The van der Waals surface area contributed by atoms with E-state index in [1.165, 1.54) is 4.90 Å². The highest BCUT2D eigenvalue weighted by Crippen LogP contribution is 2.27. The fourth-order valence-electron chi connectivity index (χ4n) is 2.98. The largest absolute Gasteiger partial charge is 0.496 e. The fraction of sp³-hybridized carbons (Fsp3) is 0.417. The Kier molecular flexibility index (Phi) is 8.95. The number of methoxy groups -OCH3 is 2. The zero-order chi connectivity index (χ0) is 23.9. The van der Waals surface area contributed by atoms with E-state index in [1.807, 2.05) is 45.0 Å². The molecule has 1 atom stereocenters. The van der Waals surface area contributed by atoms with Gasteiger partial charge in [0.15, 0.2) is 6.61 Å². The summed E-state index contributed by atoms with van der Waals surface area (Å²) in [6, 6.07) is 12.0. The van der Waals surface area contributed by atoms with Crippen molar-refractivity contribution < 1.29 is 23.8 Å². The first-order chi connectivity index (χ1) is 15.0. The summed E-state index contributed by atoms with van der Waals surface area (Å²) in [5, 5.41) is 2.94. The van der Waals surface area contributed by atoms with Gasteiger partial charge in [0.25, 0.3) is 5.91 Å². The van der Waals surface area contributed by atoms with Crippen LogP contribution in [0.3, 0.4) is 0 Å². The summed E-state index contributed by atoms with van der Waals surface area (Å²) < 4.78 is 17.1. The van der Waals surface area contributed by atoms with Crippen LogP contribution in [0.5, 0.6) is 17.2 Å². The lowest BCUT2D eigenvalue weighted by atomic mass is 10.1. The molecule has 2 aromatic carbocycles. The summed E-state index contributed by atoms with van der Waals surface area (Å²) in [7, 11) is 3.08. The van der Waals surface area contributed by atoms with Crippen LogP contribution in [0.15, 0.2) is 46.9 Å². The summed E-state index contributed by atoms with van der Waals surface area (Å²) in [5.41, 5.74) is 0.481. The van der Waals surface area contributed by atoms with Gasteiger partial charge in [-0.15, -0.1) is 0 Å². The van der Waals surface area contributed by atoms with Gasteiger partial charge in [0.2, 0.25) is 5.91 Å². The highest BCUT2D eigenvalue weighted by molar-refractivity contribution is 9.10. The second kappa shape index (κ2) is 11.2. The van der Waals surface area contributed by atoms with Gasteiger partial charge in [0.1, 0.15) is 23.3 Å². The Morgan fingerprint density at radius 3 is 2.16 bits per heavy atom. The third-order valence-corrected chi connectivity index (χ3v) is 5.09. The lowest BCUT2D eigenvalue weighted by Crippen LogP contribution is -2.53. The van der Waals surface area contributed by atoms with Crippen molar-refractivity contribution in [3.8, 4) is 17.2 Å². The molecule has 0 aliphatic carbocycles. The van der Waals surface area contributed by atoms with Gasteiger partial charge in [0, 0.05) is 34.8 Å². The van der Waals surface area contributed by atoms with Crippen LogP contribution < -0.4 is 19.5 Å². The van der Waals surface area contributed by atoms with Crippen LogP contribution in [0.1, 0.15) is 33.3 Å². The molecule has 0 saturated carbocycles. The first-order valence-corrected chi connectivity index (χ1v) is 11.0. The van der Waals surface area contributed by atoms with Gasteiger partial charge in [-0.3, -0.25) is 9.59 Å². The molecule has 7 nitrogen and oxygen atoms in total. The molecule has 0 fully saturated rings. The number of ether oxygens (including phenoxy) is 3.